The number of carbonyl (C=O) groups is 3. The van der Waals surface area contributed by atoms with Crippen molar-refractivity contribution in [3.8, 4) is 0 Å². The van der Waals surface area contributed by atoms with Gasteiger partial charge in [-0.15, -0.1) is 0 Å². The molecule has 2 rings (SSSR count). The van der Waals surface area contributed by atoms with Crippen molar-refractivity contribution in [2.75, 3.05) is 19.8 Å². The smallest absolute Gasteiger partial charge is 0.417 e. The highest BCUT2D eigenvalue weighted by molar-refractivity contribution is 5.95. The van der Waals surface area contributed by atoms with Crippen LogP contribution < -0.4 is 5.73 Å². The molecule has 59 heavy (non-hydrogen) atoms. The second kappa shape index (κ2) is 32.0. The maximum Gasteiger partial charge on any atom is 0.417 e. The molecule has 340 valence electrons. The second-order valence-corrected chi connectivity index (χ2v) is 17.1. The van der Waals surface area contributed by atoms with Crippen molar-refractivity contribution in [1.82, 2.24) is 9.80 Å². The summed E-state index contributed by atoms with van der Waals surface area (Å²) >= 11 is 0. The molecular weight excluding hydrogens is 751 g/mol. The molecule has 0 aromatic heterocycles. The largest absolute Gasteiger partial charge is 0.449 e. The number of nitrogens with zero attached hydrogens (tertiary/aromatic N) is 2. The first-order valence-corrected chi connectivity index (χ1v) is 23.4. The lowest BCUT2D eigenvalue weighted by atomic mass is 9.93. The molecule has 12 heteroatoms. The van der Waals surface area contributed by atoms with Crippen molar-refractivity contribution in [2.24, 2.45) is 11.7 Å². The van der Waals surface area contributed by atoms with Gasteiger partial charge in [0, 0.05) is 6.54 Å². The van der Waals surface area contributed by atoms with Crippen molar-refractivity contribution < 1.29 is 43.9 Å². The Morgan fingerprint density at radius 1 is 0.695 bits per heavy atom. The van der Waals surface area contributed by atoms with Crippen LogP contribution in [0.4, 0.5) is 9.59 Å². The molecule has 5 N–H and O–H groups in total. The summed E-state index contributed by atoms with van der Waals surface area (Å²) in [6, 6.07) is 6.16. The van der Waals surface area contributed by atoms with E-state index in [1.54, 1.807) is 24.3 Å². The van der Waals surface area contributed by atoms with Gasteiger partial charge in [0.1, 0.15) is 31.0 Å². The van der Waals surface area contributed by atoms with E-state index in [4.69, 9.17) is 19.9 Å². The summed E-state index contributed by atoms with van der Waals surface area (Å²) in [5, 5.41) is 33.1. The molecule has 0 saturated carbocycles. The zero-order valence-electron chi connectivity index (χ0n) is 37.3. The molecule has 0 bridgehead atoms. The summed E-state index contributed by atoms with van der Waals surface area (Å²) < 4.78 is 17.7. The monoisotopic (exact) mass is 834 g/mol. The fourth-order valence-electron chi connectivity index (χ4n) is 7.83. The molecule has 1 heterocycles. The van der Waals surface area contributed by atoms with Gasteiger partial charge >= 0.3 is 12.2 Å². The first kappa shape index (κ1) is 52.4. The maximum absolute atomic E-state index is 14.2. The highest BCUT2D eigenvalue weighted by Crippen LogP contribution is 2.30. The average molecular weight is 834 g/mol. The molecule has 1 aliphatic rings. The standard InChI is InChI=1S/C47H83N3O9/c1-5-7-9-11-13-15-17-18-19-21-23-28-32-49(46(55)57-33-29-24-22-20-16-14-12-10-8-6-2)45-41(43(53)42(52)40(35-51)59-45)50(44(54)39(48)34-37(3)4)47(56)58-36-38-30-26-25-27-31-38/h25-27,30-31,37,39-43,45,51-53H,5-24,28-29,32-36,48H2,1-4H3/t39-,40+,41+,42+,43+,45+/m0/s1. The van der Waals surface area contributed by atoms with Crippen molar-refractivity contribution in [2.45, 2.75) is 219 Å². The van der Waals surface area contributed by atoms with E-state index < -0.39 is 61.3 Å². The third kappa shape index (κ3) is 20.6. The minimum absolute atomic E-state index is 0.00751. The molecule has 1 saturated heterocycles. The number of imide groups is 1. The highest BCUT2D eigenvalue weighted by Gasteiger charge is 2.54. The van der Waals surface area contributed by atoms with Gasteiger partial charge in [-0.25, -0.2) is 14.5 Å². The number of carbonyl (C=O) groups excluding carboxylic acids is 3. The van der Waals surface area contributed by atoms with Gasteiger partial charge in [0.2, 0.25) is 5.91 Å². The molecule has 1 aromatic carbocycles. The van der Waals surface area contributed by atoms with Crippen LogP contribution in [0.5, 0.6) is 0 Å². The van der Waals surface area contributed by atoms with Crippen LogP contribution >= 0.6 is 0 Å². The molecule has 12 nitrogen and oxygen atoms in total. The van der Waals surface area contributed by atoms with Gasteiger partial charge in [-0.2, -0.15) is 0 Å². The van der Waals surface area contributed by atoms with Crippen LogP contribution in [-0.4, -0.2) is 99.6 Å². The molecule has 1 aromatic rings. The predicted octanol–water partition coefficient (Wildman–Crippen LogP) is 9.39. The molecule has 0 spiro atoms. The van der Waals surface area contributed by atoms with E-state index >= 15 is 0 Å². The average Bonchev–Trinajstić information content (AvgIpc) is 3.22. The van der Waals surface area contributed by atoms with E-state index in [1.165, 1.54) is 88.4 Å². The summed E-state index contributed by atoms with van der Waals surface area (Å²) in [6.07, 6.45) is 16.8. The number of aliphatic hydroxyl groups excluding tert-OH is 3. The summed E-state index contributed by atoms with van der Waals surface area (Å²) in [6.45, 7) is 7.67. The van der Waals surface area contributed by atoms with E-state index in [-0.39, 0.29) is 32.1 Å². The Morgan fingerprint density at radius 3 is 1.68 bits per heavy atom. The van der Waals surface area contributed by atoms with Gasteiger partial charge in [-0.3, -0.25) is 9.69 Å². The molecule has 0 radical (unpaired) electrons. The van der Waals surface area contributed by atoms with Crippen LogP contribution in [0.15, 0.2) is 30.3 Å². The SMILES string of the molecule is CCCCCCCCCCCCCCN(C(=O)OCCCCCCCCCCCC)[C@@H]1O[C@H](CO)[C@@H](O)[C@H](O)[C@H]1N(C(=O)OCc1ccccc1)C(=O)[C@@H](N)CC(C)C. The Labute approximate surface area is 356 Å². The van der Waals surface area contributed by atoms with Crippen LogP contribution in [0.2, 0.25) is 0 Å². The lowest BCUT2D eigenvalue weighted by Crippen LogP contribution is -2.71. The summed E-state index contributed by atoms with van der Waals surface area (Å²) in [5.41, 5.74) is 7.06. The van der Waals surface area contributed by atoms with E-state index in [0.29, 0.717) is 23.3 Å². The van der Waals surface area contributed by atoms with Crippen molar-refractivity contribution in [1.29, 1.82) is 0 Å². The number of unbranched alkanes of at least 4 members (excludes halogenated alkanes) is 20. The zero-order chi connectivity index (χ0) is 43.3. The highest BCUT2D eigenvalue weighted by atomic mass is 16.6. The fraction of sp³-hybridized carbons (Fsp3) is 0.809. The molecule has 1 fully saturated rings. The first-order valence-electron chi connectivity index (χ1n) is 23.4. The number of ether oxygens (including phenoxy) is 3. The third-order valence-corrected chi connectivity index (χ3v) is 11.4. The summed E-state index contributed by atoms with van der Waals surface area (Å²) in [4.78, 5) is 44.3. The first-order chi connectivity index (χ1) is 28.6. The third-order valence-electron chi connectivity index (χ3n) is 11.4. The van der Waals surface area contributed by atoms with Gasteiger partial charge in [0.15, 0.2) is 6.23 Å². The summed E-state index contributed by atoms with van der Waals surface area (Å²) in [7, 11) is 0. The van der Waals surface area contributed by atoms with E-state index in [0.717, 1.165) is 44.9 Å². The second-order valence-electron chi connectivity index (χ2n) is 17.1. The molecule has 3 amide bonds. The number of aliphatic hydroxyl groups is 3. The molecule has 0 aliphatic carbocycles. The Bertz CT molecular complexity index is 1240. The van der Waals surface area contributed by atoms with Gasteiger partial charge in [-0.05, 0) is 30.7 Å². The zero-order valence-corrected chi connectivity index (χ0v) is 37.3. The Balaban J connectivity index is 2.28. The van der Waals surface area contributed by atoms with E-state index in [9.17, 15) is 29.7 Å². The lowest BCUT2D eigenvalue weighted by molar-refractivity contribution is -0.241. The number of rotatable bonds is 32. The van der Waals surface area contributed by atoms with E-state index in [1.807, 2.05) is 19.9 Å². The minimum atomic E-state index is -1.82. The van der Waals surface area contributed by atoms with Crippen LogP contribution in [-0.2, 0) is 25.6 Å². The van der Waals surface area contributed by atoms with Gasteiger partial charge in [-0.1, -0.05) is 186 Å². The maximum atomic E-state index is 14.2. The number of amides is 3. The topological polar surface area (TPSA) is 172 Å². The Hall–Kier alpha value is -2.77. The van der Waals surface area contributed by atoms with Crippen molar-refractivity contribution in [3.05, 3.63) is 35.9 Å². The van der Waals surface area contributed by atoms with Gasteiger partial charge < -0.3 is 35.3 Å². The van der Waals surface area contributed by atoms with Crippen LogP contribution in [0.3, 0.4) is 0 Å². The normalized spacial score (nSPS) is 19.7. The lowest BCUT2D eigenvalue weighted by Gasteiger charge is -2.49. The van der Waals surface area contributed by atoms with Gasteiger partial charge in [0.25, 0.3) is 0 Å². The van der Waals surface area contributed by atoms with E-state index in [2.05, 4.69) is 13.8 Å². The number of hydrogen-bond acceptors (Lipinski definition) is 10. The quantitative estimate of drug-likeness (QED) is 0.0513. The van der Waals surface area contributed by atoms with Gasteiger partial charge in [0.05, 0.1) is 19.3 Å². The number of benzene rings is 1. The minimum Gasteiger partial charge on any atom is -0.449 e. The fourth-order valence-corrected chi connectivity index (χ4v) is 7.83. The van der Waals surface area contributed by atoms with Crippen molar-refractivity contribution in [3.63, 3.8) is 0 Å². The van der Waals surface area contributed by atoms with Crippen molar-refractivity contribution >= 4 is 18.1 Å². The number of hydrogen-bond donors (Lipinski definition) is 4. The Kier molecular flexibility index (Phi) is 28.4. The van der Waals surface area contributed by atoms with Crippen LogP contribution in [0, 0.1) is 5.92 Å². The summed E-state index contributed by atoms with van der Waals surface area (Å²) in [5.74, 6) is -0.847. The molecule has 6 atom stereocenters. The molecule has 1 aliphatic heterocycles. The predicted molar refractivity (Wildman–Crippen MR) is 233 cm³/mol. The Morgan fingerprint density at radius 2 is 1.19 bits per heavy atom. The van der Waals surface area contributed by atoms with Crippen LogP contribution in [0.25, 0.3) is 0 Å². The number of nitrogens with two attached hydrogens (primary N) is 1. The van der Waals surface area contributed by atoms with Crippen LogP contribution in [0.1, 0.15) is 181 Å². The molecule has 0 unspecified atom stereocenters. The molecular formula is C47H83N3O9.